The minimum absolute atomic E-state index is 0.108. The van der Waals surface area contributed by atoms with E-state index in [9.17, 15) is 22.8 Å². The van der Waals surface area contributed by atoms with E-state index in [1.165, 1.54) is 12.1 Å². The molecular weight excluding hydrogens is 385 g/mol. The van der Waals surface area contributed by atoms with E-state index in [0.717, 1.165) is 6.92 Å². The maximum atomic E-state index is 12.7. The molecule has 27 heavy (non-hydrogen) atoms. The molecule has 0 aliphatic carbocycles. The Labute approximate surface area is 161 Å². The number of amides is 1. The second kappa shape index (κ2) is 8.93. The molecule has 152 valence electrons. The fraction of sp³-hybridized carbons (Fsp3) is 0.556. The van der Waals surface area contributed by atoms with Gasteiger partial charge in [0.15, 0.2) is 0 Å². The van der Waals surface area contributed by atoms with Crippen LogP contribution in [0.25, 0.3) is 0 Å². The summed E-state index contributed by atoms with van der Waals surface area (Å²) in [5, 5.41) is 2.47. The molecule has 1 aromatic rings. The van der Waals surface area contributed by atoms with Crippen molar-refractivity contribution in [1.29, 1.82) is 0 Å². The molecule has 0 bridgehead atoms. The number of nitrogens with two attached hydrogens (primary N) is 1. The van der Waals surface area contributed by atoms with Crippen molar-refractivity contribution in [2.24, 2.45) is 11.7 Å². The topological polar surface area (TPSA) is 81.4 Å². The van der Waals surface area contributed by atoms with E-state index in [0.29, 0.717) is 12.0 Å². The lowest BCUT2D eigenvalue weighted by Crippen LogP contribution is -2.46. The van der Waals surface area contributed by atoms with Crippen molar-refractivity contribution >= 4 is 29.2 Å². The summed E-state index contributed by atoms with van der Waals surface area (Å²) in [5.41, 5.74) is 5.61. The number of benzene rings is 1. The standard InChI is InChI=1S/C18H24ClF3N2O3/c1-10(18(20,21)22)15(23)16(26)24-13-9-11(5-7-12(13)19)6-8-14(25)27-17(2,3)4/h5,7,9-10,15H,6,8,23H2,1-4H3,(H,24,26)/t10-,15-/m1/s1. The van der Waals surface area contributed by atoms with Crippen LogP contribution in [0.4, 0.5) is 18.9 Å². The average molecular weight is 409 g/mol. The third kappa shape index (κ3) is 7.76. The normalized spacial score (nSPS) is 14.4. The van der Waals surface area contributed by atoms with Gasteiger partial charge in [-0.05, 0) is 44.9 Å². The van der Waals surface area contributed by atoms with Crippen LogP contribution in [-0.4, -0.2) is 29.7 Å². The van der Waals surface area contributed by atoms with E-state index in [2.05, 4.69) is 5.32 Å². The van der Waals surface area contributed by atoms with Gasteiger partial charge in [-0.2, -0.15) is 13.2 Å². The van der Waals surface area contributed by atoms with E-state index in [1.807, 2.05) is 0 Å². The van der Waals surface area contributed by atoms with Crippen LogP contribution >= 0.6 is 11.6 Å². The Kier molecular flexibility index (Phi) is 7.68. The molecule has 1 rings (SSSR count). The number of halogens is 4. The van der Waals surface area contributed by atoms with Crippen LogP contribution in [0.5, 0.6) is 0 Å². The van der Waals surface area contributed by atoms with Crippen LogP contribution in [-0.2, 0) is 20.7 Å². The number of nitrogens with one attached hydrogen (secondary N) is 1. The summed E-state index contributed by atoms with van der Waals surface area (Å²) in [5.74, 6) is -3.39. The molecule has 1 amide bonds. The van der Waals surface area contributed by atoms with E-state index in [4.69, 9.17) is 22.1 Å². The first kappa shape index (κ1) is 23.2. The smallest absolute Gasteiger partial charge is 0.393 e. The van der Waals surface area contributed by atoms with Gasteiger partial charge in [-0.3, -0.25) is 9.59 Å². The van der Waals surface area contributed by atoms with Crippen LogP contribution in [0.3, 0.4) is 0 Å². The van der Waals surface area contributed by atoms with E-state index in [-0.39, 0.29) is 23.1 Å². The lowest BCUT2D eigenvalue weighted by Gasteiger charge is -2.22. The van der Waals surface area contributed by atoms with E-state index < -0.39 is 29.6 Å². The van der Waals surface area contributed by atoms with Gasteiger partial charge < -0.3 is 15.8 Å². The van der Waals surface area contributed by atoms with Gasteiger partial charge in [-0.25, -0.2) is 0 Å². The fourth-order valence-electron chi connectivity index (χ4n) is 2.11. The second-order valence-electron chi connectivity index (χ2n) is 7.25. The molecule has 0 aliphatic heterocycles. The zero-order chi connectivity index (χ0) is 21.0. The Balaban J connectivity index is 2.79. The third-order valence-corrected chi connectivity index (χ3v) is 4.01. The zero-order valence-corrected chi connectivity index (χ0v) is 16.4. The number of anilines is 1. The van der Waals surface area contributed by atoms with Crippen molar-refractivity contribution in [1.82, 2.24) is 0 Å². The van der Waals surface area contributed by atoms with Crippen LogP contribution in [0, 0.1) is 5.92 Å². The molecule has 1 aromatic carbocycles. The lowest BCUT2D eigenvalue weighted by molar-refractivity contribution is -0.176. The van der Waals surface area contributed by atoms with Crippen molar-refractivity contribution in [3.63, 3.8) is 0 Å². The Morgan fingerprint density at radius 1 is 1.26 bits per heavy atom. The number of hydrogen-bond acceptors (Lipinski definition) is 4. The number of ether oxygens (including phenoxy) is 1. The predicted octanol–water partition coefficient (Wildman–Crippen LogP) is 4.08. The lowest BCUT2D eigenvalue weighted by atomic mass is 10.0. The molecule has 0 unspecified atom stereocenters. The summed E-state index contributed by atoms with van der Waals surface area (Å²) < 4.78 is 43.3. The summed E-state index contributed by atoms with van der Waals surface area (Å²) in [6.07, 6.45) is -4.16. The van der Waals surface area contributed by atoms with Gasteiger partial charge in [0.2, 0.25) is 5.91 Å². The molecule has 0 aromatic heterocycles. The molecular formula is C18H24ClF3N2O3. The minimum atomic E-state index is -4.59. The zero-order valence-electron chi connectivity index (χ0n) is 15.6. The largest absolute Gasteiger partial charge is 0.460 e. The first-order valence-corrected chi connectivity index (χ1v) is 8.72. The minimum Gasteiger partial charge on any atom is -0.460 e. The highest BCUT2D eigenvalue weighted by Gasteiger charge is 2.42. The number of carbonyl (C=O) groups is 2. The summed E-state index contributed by atoms with van der Waals surface area (Å²) in [6.45, 7) is 6.10. The summed E-state index contributed by atoms with van der Waals surface area (Å²) in [7, 11) is 0. The summed E-state index contributed by atoms with van der Waals surface area (Å²) in [6, 6.07) is 2.86. The SMILES string of the molecule is C[C@H]([C@@H](N)C(=O)Nc1cc(CCC(=O)OC(C)(C)C)ccc1Cl)C(F)(F)F. The maximum absolute atomic E-state index is 12.7. The Morgan fingerprint density at radius 3 is 2.37 bits per heavy atom. The molecule has 0 heterocycles. The third-order valence-electron chi connectivity index (χ3n) is 3.68. The molecule has 0 radical (unpaired) electrons. The van der Waals surface area contributed by atoms with Crippen LogP contribution < -0.4 is 11.1 Å². The highest BCUT2D eigenvalue weighted by molar-refractivity contribution is 6.33. The number of rotatable bonds is 6. The molecule has 3 N–H and O–H groups in total. The van der Waals surface area contributed by atoms with Gasteiger partial charge in [0.25, 0.3) is 0 Å². The Hall–Kier alpha value is -1.80. The van der Waals surface area contributed by atoms with Crippen LogP contribution in [0.1, 0.15) is 39.7 Å². The van der Waals surface area contributed by atoms with Gasteiger partial charge in [0.1, 0.15) is 5.60 Å². The van der Waals surface area contributed by atoms with Crippen LogP contribution in [0.2, 0.25) is 5.02 Å². The first-order valence-electron chi connectivity index (χ1n) is 8.34. The monoisotopic (exact) mass is 408 g/mol. The summed E-state index contributed by atoms with van der Waals surface area (Å²) >= 11 is 5.99. The van der Waals surface area contributed by atoms with Crippen molar-refractivity contribution in [2.45, 2.75) is 58.4 Å². The molecule has 9 heteroatoms. The number of aryl methyl sites for hydroxylation is 1. The highest BCUT2D eigenvalue weighted by atomic mass is 35.5. The molecule has 5 nitrogen and oxygen atoms in total. The number of alkyl halides is 3. The van der Waals surface area contributed by atoms with Gasteiger partial charge >= 0.3 is 12.1 Å². The highest BCUT2D eigenvalue weighted by Crippen LogP contribution is 2.29. The van der Waals surface area contributed by atoms with Gasteiger partial charge in [-0.15, -0.1) is 0 Å². The molecule has 0 spiro atoms. The van der Waals surface area contributed by atoms with Crippen molar-refractivity contribution in [3.8, 4) is 0 Å². The van der Waals surface area contributed by atoms with Crippen molar-refractivity contribution < 1.29 is 27.5 Å². The van der Waals surface area contributed by atoms with Crippen molar-refractivity contribution in [2.75, 3.05) is 5.32 Å². The van der Waals surface area contributed by atoms with Gasteiger partial charge in [-0.1, -0.05) is 24.6 Å². The van der Waals surface area contributed by atoms with Gasteiger partial charge in [0, 0.05) is 6.42 Å². The molecule has 0 aliphatic rings. The molecule has 0 saturated heterocycles. The number of esters is 1. The number of carbonyl (C=O) groups excluding carboxylic acids is 2. The van der Waals surface area contributed by atoms with E-state index in [1.54, 1.807) is 26.8 Å². The van der Waals surface area contributed by atoms with Crippen LogP contribution in [0.15, 0.2) is 18.2 Å². The summed E-state index contributed by atoms with van der Waals surface area (Å²) in [4.78, 5) is 23.8. The molecule has 2 atom stereocenters. The van der Waals surface area contributed by atoms with Crippen molar-refractivity contribution in [3.05, 3.63) is 28.8 Å². The van der Waals surface area contributed by atoms with Gasteiger partial charge in [0.05, 0.1) is 22.7 Å². The fourth-order valence-corrected chi connectivity index (χ4v) is 2.27. The average Bonchev–Trinajstić information content (AvgIpc) is 2.51. The number of hydrogen-bond donors (Lipinski definition) is 2. The second-order valence-corrected chi connectivity index (χ2v) is 7.65. The maximum Gasteiger partial charge on any atom is 0.393 e. The molecule has 0 saturated carbocycles. The quantitative estimate of drug-likeness (QED) is 0.695. The Bertz CT molecular complexity index is 687. The predicted molar refractivity (Wildman–Crippen MR) is 97.4 cm³/mol. The first-order chi connectivity index (χ1) is 12.2. The van der Waals surface area contributed by atoms with E-state index >= 15 is 0 Å². The molecule has 0 fully saturated rings. The Morgan fingerprint density at radius 2 is 1.85 bits per heavy atom.